The highest BCUT2D eigenvalue weighted by Gasteiger charge is 2.34. The van der Waals surface area contributed by atoms with Crippen LogP contribution >= 0.6 is 80.5 Å². The molecule has 2 unspecified atom stereocenters. The number of halogens is 6. The van der Waals surface area contributed by atoms with Gasteiger partial charge < -0.3 is 4.74 Å². The van der Waals surface area contributed by atoms with Crippen LogP contribution in [0.3, 0.4) is 0 Å². The maximum absolute atomic E-state index is 11.9. The normalized spacial score (nSPS) is 20.0. The summed E-state index contributed by atoms with van der Waals surface area (Å²) in [5, 5.41) is 3.43. The van der Waals surface area contributed by atoms with E-state index in [4.69, 9.17) is 74.3 Å². The summed E-state index contributed by atoms with van der Waals surface area (Å²) in [5.41, 5.74) is 0.612. The molecule has 1 aliphatic rings. The van der Waals surface area contributed by atoms with E-state index < -0.39 is 18.5 Å². The number of nitrogens with zero attached hydrogens (tertiary/aromatic N) is 3. The van der Waals surface area contributed by atoms with Gasteiger partial charge >= 0.3 is 5.97 Å². The predicted octanol–water partition coefficient (Wildman–Crippen LogP) is 5.35. The van der Waals surface area contributed by atoms with Crippen molar-refractivity contribution in [3.8, 4) is 0 Å². The molecule has 0 fully saturated rings. The van der Waals surface area contributed by atoms with Crippen molar-refractivity contribution in [2.24, 2.45) is 0 Å². The molecule has 2 atom stereocenters. The summed E-state index contributed by atoms with van der Waals surface area (Å²) in [6, 6.07) is 0. The van der Waals surface area contributed by atoms with Crippen molar-refractivity contribution in [3.63, 3.8) is 0 Å². The molecule has 0 aliphatic carbocycles. The molecule has 5 nitrogen and oxygen atoms in total. The summed E-state index contributed by atoms with van der Waals surface area (Å²) in [6.07, 6.45) is 1.76. The Morgan fingerprint density at radius 3 is 2.12 bits per heavy atom. The minimum Gasteiger partial charge on any atom is -0.465 e. The van der Waals surface area contributed by atoms with Crippen LogP contribution in [0.25, 0.3) is 5.57 Å². The molecule has 0 spiro atoms. The molecule has 12 heteroatoms. The number of allylic oxidation sites excluding steroid dienone is 2. The van der Waals surface area contributed by atoms with E-state index in [0.717, 1.165) is 0 Å². The molecule has 0 amide bonds. The van der Waals surface area contributed by atoms with Gasteiger partial charge in [-0.05, 0) is 30.7 Å². The lowest BCUT2D eigenvalue weighted by Gasteiger charge is -2.18. The molecular formula is C14H13Cl6N3O2S. The van der Waals surface area contributed by atoms with E-state index in [9.17, 15) is 4.79 Å². The van der Waals surface area contributed by atoms with Gasteiger partial charge in [-0.1, -0.05) is 69.6 Å². The summed E-state index contributed by atoms with van der Waals surface area (Å²) in [5.74, 6) is -0.434. The minimum absolute atomic E-state index is 0.169. The number of alkyl halides is 6. The molecule has 144 valence electrons. The molecule has 0 aromatic carbocycles. The Hall–Kier alpha value is 0.0500. The summed E-state index contributed by atoms with van der Waals surface area (Å²) >= 11 is 35.2. The predicted molar refractivity (Wildman–Crippen MR) is 110 cm³/mol. The first-order valence-corrected chi connectivity index (χ1v) is 11.0. The van der Waals surface area contributed by atoms with Gasteiger partial charge in [-0.3, -0.25) is 4.79 Å². The number of hydrogen-bond acceptors (Lipinski definition) is 5. The van der Waals surface area contributed by atoms with Gasteiger partial charge in [0.05, 0.1) is 11.9 Å². The van der Waals surface area contributed by atoms with Crippen LogP contribution in [-0.2, 0) is 17.1 Å². The topological polar surface area (TPSA) is 65.0 Å². The molecule has 0 saturated carbocycles. The van der Waals surface area contributed by atoms with E-state index in [1.54, 1.807) is 19.9 Å². The zero-order valence-electron chi connectivity index (χ0n) is 13.4. The fourth-order valence-corrected chi connectivity index (χ4v) is 4.18. The van der Waals surface area contributed by atoms with Crippen LogP contribution in [0.4, 0.5) is 0 Å². The maximum Gasteiger partial charge on any atom is 0.317 e. The highest BCUT2D eigenvalue weighted by molar-refractivity contribution is 8.23. The van der Waals surface area contributed by atoms with Crippen molar-refractivity contribution in [1.82, 2.24) is 15.0 Å². The molecule has 1 aromatic rings. The monoisotopic (exact) mass is 497 g/mol. The third-order valence-corrected chi connectivity index (χ3v) is 6.38. The minimum atomic E-state index is -1.92. The fraction of sp³-hybridized carbons (Fsp3) is 0.429. The molecule has 0 radical (unpaired) electrons. The number of ether oxygens (including phenoxy) is 1. The molecule has 0 N–H and O–H groups in total. The van der Waals surface area contributed by atoms with Crippen LogP contribution in [-0.4, -0.2) is 32.8 Å². The maximum atomic E-state index is 11.9. The van der Waals surface area contributed by atoms with E-state index in [-0.39, 0.29) is 28.7 Å². The van der Waals surface area contributed by atoms with Crippen molar-refractivity contribution in [3.05, 3.63) is 34.4 Å². The highest BCUT2D eigenvalue weighted by atomic mass is 35.6. The van der Waals surface area contributed by atoms with E-state index >= 15 is 0 Å². The molecule has 2 heterocycles. The molecule has 26 heavy (non-hydrogen) atoms. The standard InChI is InChI=1S/C14H13Cl6N3O2S/c1-3-25-10(24)7(2)26-5-4-8(6-26)9-21-11(13(15,16)17)23-12(22-9)14(18,19)20/h4-7,26H,3H2,1-2H3. The molecule has 1 aromatic heterocycles. The van der Waals surface area contributed by atoms with Gasteiger partial charge in [-0.15, -0.1) is 0 Å². The summed E-state index contributed by atoms with van der Waals surface area (Å²) in [6.45, 7) is 3.87. The van der Waals surface area contributed by atoms with Crippen LogP contribution in [0, 0.1) is 0 Å². The first-order chi connectivity index (χ1) is 11.9. The Labute approximate surface area is 183 Å². The van der Waals surface area contributed by atoms with Crippen LogP contribution < -0.4 is 0 Å². The Balaban J connectivity index is 2.41. The Bertz CT molecular complexity index is 728. The van der Waals surface area contributed by atoms with Gasteiger partial charge in [0.2, 0.25) is 7.59 Å². The number of carbonyl (C=O) groups excluding carboxylic acids is 1. The second-order valence-corrected chi connectivity index (χ2v) is 11.9. The lowest BCUT2D eigenvalue weighted by Crippen LogP contribution is -2.18. The van der Waals surface area contributed by atoms with Gasteiger partial charge in [-0.25, -0.2) is 15.0 Å². The fourth-order valence-electron chi connectivity index (χ4n) is 1.93. The van der Waals surface area contributed by atoms with Crippen LogP contribution in [0.1, 0.15) is 31.3 Å². The lowest BCUT2D eigenvalue weighted by atomic mass is 10.3. The third-order valence-electron chi connectivity index (χ3n) is 3.19. The highest BCUT2D eigenvalue weighted by Crippen LogP contribution is 2.45. The van der Waals surface area contributed by atoms with Crippen molar-refractivity contribution >= 4 is 92.0 Å². The first kappa shape index (κ1) is 22.3. The van der Waals surface area contributed by atoms with Gasteiger partial charge in [0.25, 0.3) is 0 Å². The second-order valence-electron chi connectivity index (χ2n) is 5.08. The van der Waals surface area contributed by atoms with Gasteiger partial charge in [-0.2, -0.15) is 10.9 Å². The van der Waals surface area contributed by atoms with E-state index in [1.807, 2.05) is 10.8 Å². The number of hydrogen-bond donors (Lipinski definition) is 1. The van der Waals surface area contributed by atoms with Gasteiger partial charge in [0, 0.05) is 5.57 Å². The molecule has 1 aliphatic heterocycles. The smallest absolute Gasteiger partial charge is 0.317 e. The number of rotatable bonds is 4. The number of aromatic nitrogens is 3. The quantitative estimate of drug-likeness (QED) is 0.344. The van der Waals surface area contributed by atoms with E-state index in [2.05, 4.69) is 15.0 Å². The van der Waals surface area contributed by atoms with E-state index in [1.165, 1.54) is 0 Å². The van der Waals surface area contributed by atoms with Crippen LogP contribution in [0.15, 0.2) is 16.9 Å². The van der Waals surface area contributed by atoms with Crippen molar-refractivity contribution in [2.75, 3.05) is 6.61 Å². The molecule has 0 saturated heterocycles. The zero-order chi connectivity index (χ0) is 19.7. The SMILES string of the molecule is CCOC(=O)C(C)[SH]1C=CC(c2nc(C(Cl)(Cl)Cl)nc(C(Cl)(Cl)Cl)n2)=C1. The Morgan fingerprint density at radius 2 is 1.65 bits per heavy atom. The third kappa shape index (κ3) is 5.53. The second kappa shape index (κ2) is 8.60. The average Bonchev–Trinajstić information content (AvgIpc) is 3.02. The summed E-state index contributed by atoms with van der Waals surface area (Å²) < 4.78 is 1.21. The van der Waals surface area contributed by atoms with Gasteiger partial charge in [0.1, 0.15) is 0 Å². The Kier molecular flexibility index (Phi) is 7.39. The van der Waals surface area contributed by atoms with Crippen molar-refractivity contribution < 1.29 is 9.53 Å². The molecule has 2 rings (SSSR count). The first-order valence-electron chi connectivity index (χ1n) is 7.18. The van der Waals surface area contributed by atoms with Crippen molar-refractivity contribution in [1.29, 1.82) is 0 Å². The number of thiol groups is 1. The summed E-state index contributed by atoms with van der Waals surface area (Å²) in [7, 11) is -0.911. The van der Waals surface area contributed by atoms with Crippen molar-refractivity contribution in [2.45, 2.75) is 26.7 Å². The zero-order valence-corrected chi connectivity index (χ0v) is 18.8. The summed E-state index contributed by atoms with van der Waals surface area (Å²) in [4.78, 5) is 24.2. The molecular weight excluding hydrogens is 487 g/mol. The number of esters is 1. The lowest BCUT2D eigenvalue weighted by molar-refractivity contribution is -0.142. The van der Waals surface area contributed by atoms with Crippen LogP contribution in [0.5, 0.6) is 0 Å². The Morgan fingerprint density at radius 1 is 1.12 bits per heavy atom. The molecule has 0 bridgehead atoms. The average molecular weight is 500 g/mol. The number of carbonyl (C=O) groups is 1. The van der Waals surface area contributed by atoms with Gasteiger partial charge in [0.15, 0.2) is 17.5 Å². The van der Waals surface area contributed by atoms with E-state index in [0.29, 0.717) is 12.2 Å². The largest absolute Gasteiger partial charge is 0.465 e. The van der Waals surface area contributed by atoms with Crippen LogP contribution in [0.2, 0.25) is 0 Å².